The molecule has 1 N–H and O–H groups in total. The minimum atomic E-state index is -0.423. The van der Waals surface area contributed by atoms with Gasteiger partial charge in [-0.1, -0.05) is 37.1 Å². The Labute approximate surface area is 201 Å². The standard InChI is InChI=1S/C27H32N2O5/c1-5-6-13-29-27(31)22(18-28)16-21-10-12-24(25(17-21)32-4)34-26(30)8-7-14-33-23-11-9-19(2)15-20(23)3/h9-12,15-17H,5-8,13-14H2,1-4H3,(H,29,31)/b22-16+. The maximum Gasteiger partial charge on any atom is 0.311 e. The number of aryl methyl sites for hydroxylation is 2. The normalized spacial score (nSPS) is 10.9. The number of hydrogen-bond donors (Lipinski definition) is 1. The van der Waals surface area contributed by atoms with Crippen molar-refractivity contribution in [2.24, 2.45) is 0 Å². The molecule has 180 valence electrons. The predicted octanol–water partition coefficient (Wildman–Crippen LogP) is 4.90. The number of hydrogen-bond acceptors (Lipinski definition) is 6. The molecule has 0 fully saturated rings. The lowest BCUT2D eigenvalue weighted by Gasteiger charge is -2.11. The van der Waals surface area contributed by atoms with Crippen molar-refractivity contribution in [2.45, 2.75) is 46.5 Å². The van der Waals surface area contributed by atoms with Crippen LogP contribution >= 0.6 is 0 Å². The van der Waals surface area contributed by atoms with Gasteiger partial charge in [0.15, 0.2) is 11.5 Å². The summed E-state index contributed by atoms with van der Waals surface area (Å²) in [6.07, 6.45) is 3.96. The highest BCUT2D eigenvalue weighted by Gasteiger charge is 2.13. The van der Waals surface area contributed by atoms with Gasteiger partial charge >= 0.3 is 5.97 Å². The van der Waals surface area contributed by atoms with E-state index in [9.17, 15) is 14.9 Å². The minimum Gasteiger partial charge on any atom is -0.493 e. The lowest BCUT2D eigenvalue weighted by atomic mass is 10.1. The molecule has 0 atom stereocenters. The van der Waals surface area contributed by atoms with Gasteiger partial charge in [-0.25, -0.2) is 0 Å². The highest BCUT2D eigenvalue weighted by Crippen LogP contribution is 2.29. The third kappa shape index (κ3) is 8.28. The Morgan fingerprint density at radius 1 is 1.06 bits per heavy atom. The number of nitrogens with one attached hydrogen (secondary N) is 1. The second-order valence-corrected chi connectivity index (χ2v) is 7.88. The first kappa shape index (κ1) is 26.5. The summed E-state index contributed by atoms with van der Waals surface area (Å²) in [6.45, 7) is 6.95. The zero-order valence-electron chi connectivity index (χ0n) is 20.3. The van der Waals surface area contributed by atoms with Crippen LogP contribution in [0.3, 0.4) is 0 Å². The fraction of sp³-hybridized carbons (Fsp3) is 0.370. The molecular weight excluding hydrogens is 432 g/mol. The number of carbonyl (C=O) groups excluding carboxylic acids is 2. The highest BCUT2D eigenvalue weighted by molar-refractivity contribution is 6.01. The molecule has 0 aromatic heterocycles. The second kappa shape index (κ2) is 13.7. The van der Waals surface area contributed by atoms with Gasteiger partial charge in [0.2, 0.25) is 0 Å². The largest absolute Gasteiger partial charge is 0.493 e. The van der Waals surface area contributed by atoms with Gasteiger partial charge in [0, 0.05) is 13.0 Å². The molecule has 0 spiro atoms. The maximum absolute atomic E-state index is 12.3. The second-order valence-electron chi connectivity index (χ2n) is 7.88. The first-order valence-corrected chi connectivity index (χ1v) is 11.4. The molecule has 2 aromatic rings. The fourth-order valence-electron chi connectivity index (χ4n) is 3.18. The summed E-state index contributed by atoms with van der Waals surface area (Å²) in [4.78, 5) is 24.4. The summed E-state index contributed by atoms with van der Waals surface area (Å²) in [5.74, 6) is 0.579. The molecule has 0 radical (unpaired) electrons. The van der Waals surface area contributed by atoms with Crippen LogP contribution in [0.4, 0.5) is 0 Å². The van der Waals surface area contributed by atoms with Crippen LogP contribution in [-0.4, -0.2) is 32.1 Å². The molecule has 0 heterocycles. The van der Waals surface area contributed by atoms with E-state index < -0.39 is 11.9 Å². The van der Waals surface area contributed by atoms with E-state index in [1.54, 1.807) is 18.2 Å². The van der Waals surface area contributed by atoms with Gasteiger partial charge in [-0.2, -0.15) is 5.26 Å². The van der Waals surface area contributed by atoms with Crippen molar-refractivity contribution in [2.75, 3.05) is 20.3 Å². The highest BCUT2D eigenvalue weighted by atomic mass is 16.6. The van der Waals surface area contributed by atoms with E-state index in [-0.39, 0.29) is 17.7 Å². The van der Waals surface area contributed by atoms with Crippen LogP contribution in [0.15, 0.2) is 42.0 Å². The fourth-order valence-corrected chi connectivity index (χ4v) is 3.18. The van der Waals surface area contributed by atoms with Crippen LogP contribution in [0.25, 0.3) is 6.08 Å². The number of nitriles is 1. The van der Waals surface area contributed by atoms with Crippen LogP contribution in [-0.2, 0) is 9.59 Å². The number of amides is 1. The Morgan fingerprint density at radius 3 is 2.50 bits per heavy atom. The summed E-state index contributed by atoms with van der Waals surface area (Å²) < 4.78 is 16.5. The predicted molar refractivity (Wildman–Crippen MR) is 131 cm³/mol. The zero-order valence-corrected chi connectivity index (χ0v) is 20.3. The lowest BCUT2D eigenvalue weighted by molar-refractivity contribution is -0.134. The molecule has 0 saturated carbocycles. The summed E-state index contributed by atoms with van der Waals surface area (Å²) in [7, 11) is 1.46. The van der Waals surface area contributed by atoms with Crippen LogP contribution in [0.5, 0.6) is 17.2 Å². The first-order valence-electron chi connectivity index (χ1n) is 11.4. The van der Waals surface area contributed by atoms with E-state index in [0.717, 1.165) is 24.2 Å². The molecule has 7 nitrogen and oxygen atoms in total. The summed E-state index contributed by atoms with van der Waals surface area (Å²) in [6, 6.07) is 12.7. The van der Waals surface area contributed by atoms with Crippen LogP contribution in [0, 0.1) is 25.2 Å². The Balaban J connectivity index is 1.93. The SMILES string of the molecule is CCCCNC(=O)/C(C#N)=C/c1ccc(OC(=O)CCCOc2ccc(C)cc2C)c(OC)c1. The van der Waals surface area contributed by atoms with Crippen LogP contribution in [0.2, 0.25) is 0 Å². The smallest absolute Gasteiger partial charge is 0.311 e. The summed E-state index contributed by atoms with van der Waals surface area (Å²) in [5.41, 5.74) is 2.80. The third-order valence-electron chi connectivity index (χ3n) is 5.02. The number of unbranched alkanes of at least 4 members (excludes halogenated alkanes) is 1. The van der Waals surface area contributed by atoms with Crippen LogP contribution < -0.4 is 19.5 Å². The van der Waals surface area contributed by atoms with E-state index in [2.05, 4.69) is 5.32 Å². The van der Waals surface area contributed by atoms with Crippen molar-refractivity contribution in [3.8, 4) is 23.3 Å². The zero-order chi connectivity index (χ0) is 24.9. The molecule has 0 aliphatic carbocycles. The van der Waals surface area contributed by atoms with Gasteiger partial charge in [0.1, 0.15) is 17.4 Å². The number of carbonyl (C=O) groups is 2. The van der Waals surface area contributed by atoms with Gasteiger partial charge in [0.05, 0.1) is 13.7 Å². The third-order valence-corrected chi connectivity index (χ3v) is 5.02. The molecule has 0 aliphatic heterocycles. The number of methoxy groups -OCH3 is 1. The van der Waals surface area contributed by atoms with Crippen molar-refractivity contribution < 1.29 is 23.8 Å². The topological polar surface area (TPSA) is 97.7 Å². The molecular formula is C27H32N2O5. The van der Waals surface area contributed by atoms with Gasteiger partial charge in [0.25, 0.3) is 5.91 Å². The molecule has 0 aliphatic rings. The number of esters is 1. The Hall–Kier alpha value is -3.79. The lowest BCUT2D eigenvalue weighted by Crippen LogP contribution is -2.25. The Kier molecular flexibility index (Phi) is 10.7. The van der Waals surface area contributed by atoms with Crippen molar-refractivity contribution in [1.82, 2.24) is 5.32 Å². The van der Waals surface area contributed by atoms with E-state index in [1.165, 1.54) is 18.7 Å². The number of nitrogens with zero attached hydrogens (tertiary/aromatic N) is 1. The van der Waals surface area contributed by atoms with Crippen LogP contribution in [0.1, 0.15) is 49.3 Å². The molecule has 0 bridgehead atoms. The van der Waals surface area contributed by atoms with E-state index in [0.29, 0.717) is 30.9 Å². The van der Waals surface area contributed by atoms with E-state index >= 15 is 0 Å². The van der Waals surface area contributed by atoms with Gasteiger partial charge < -0.3 is 19.5 Å². The molecule has 2 rings (SSSR count). The first-order chi connectivity index (χ1) is 16.4. The number of ether oxygens (including phenoxy) is 3. The van der Waals surface area contributed by atoms with Gasteiger partial charge in [-0.3, -0.25) is 9.59 Å². The monoisotopic (exact) mass is 464 g/mol. The average molecular weight is 465 g/mol. The van der Waals surface area contributed by atoms with Crippen molar-refractivity contribution in [3.05, 3.63) is 58.7 Å². The summed E-state index contributed by atoms with van der Waals surface area (Å²) >= 11 is 0. The van der Waals surface area contributed by atoms with E-state index in [4.69, 9.17) is 14.2 Å². The average Bonchev–Trinajstić information content (AvgIpc) is 2.82. The molecule has 34 heavy (non-hydrogen) atoms. The van der Waals surface area contributed by atoms with Crippen molar-refractivity contribution >= 4 is 18.0 Å². The van der Waals surface area contributed by atoms with Crippen molar-refractivity contribution in [3.63, 3.8) is 0 Å². The molecule has 7 heteroatoms. The minimum absolute atomic E-state index is 0.00767. The number of benzene rings is 2. The Bertz CT molecular complexity index is 1070. The maximum atomic E-state index is 12.3. The Morgan fingerprint density at radius 2 is 1.82 bits per heavy atom. The summed E-state index contributed by atoms with van der Waals surface area (Å²) in [5, 5.41) is 12.0. The van der Waals surface area contributed by atoms with E-state index in [1.807, 2.05) is 45.0 Å². The number of rotatable bonds is 12. The molecule has 2 aromatic carbocycles. The molecule has 1 amide bonds. The van der Waals surface area contributed by atoms with Gasteiger partial charge in [-0.05, 0) is 62.1 Å². The molecule has 0 unspecified atom stereocenters. The molecule has 0 saturated heterocycles. The quantitative estimate of drug-likeness (QED) is 0.158. The van der Waals surface area contributed by atoms with Crippen molar-refractivity contribution in [1.29, 1.82) is 5.26 Å². The van der Waals surface area contributed by atoms with Gasteiger partial charge in [-0.15, -0.1) is 0 Å².